The van der Waals surface area contributed by atoms with Gasteiger partial charge in [0, 0.05) is 47.9 Å². The summed E-state index contributed by atoms with van der Waals surface area (Å²) in [7, 11) is -3.90. The number of halogens is 2. The maximum Gasteiger partial charge on any atom is 0.251 e. The Bertz CT molecular complexity index is 1330. The molecular weight excluding hydrogens is 509 g/mol. The van der Waals surface area contributed by atoms with Crippen molar-refractivity contribution in [2.24, 2.45) is 0 Å². The summed E-state index contributed by atoms with van der Waals surface area (Å²) in [4.78, 5) is 12.6. The number of amides is 1. The highest BCUT2D eigenvalue weighted by atomic mass is 35.5. The van der Waals surface area contributed by atoms with Gasteiger partial charge in [-0.2, -0.15) is 9.40 Å². The lowest BCUT2D eigenvalue weighted by molar-refractivity contribution is 0.0929. The van der Waals surface area contributed by atoms with E-state index in [0.29, 0.717) is 17.7 Å². The number of nitrogens with one attached hydrogen (secondary N) is 3. The summed E-state index contributed by atoms with van der Waals surface area (Å²) in [6.07, 6.45) is 2.32. The fourth-order valence-corrected chi connectivity index (χ4v) is 7.09. The van der Waals surface area contributed by atoms with E-state index in [4.69, 9.17) is 23.2 Å². The second kappa shape index (κ2) is 9.91. The summed E-state index contributed by atoms with van der Waals surface area (Å²) in [5.41, 5.74) is 3.74. The molecule has 0 spiro atoms. The van der Waals surface area contributed by atoms with Crippen LogP contribution in [0.4, 0.5) is 0 Å². The van der Waals surface area contributed by atoms with E-state index in [9.17, 15) is 13.2 Å². The number of sulfonamides is 1. The summed E-state index contributed by atoms with van der Waals surface area (Å²) in [5, 5.41) is 14.1. The molecule has 3 heterocycles. The average Bonchev–Trinajstić information content (AvgIpc) is 3.28. The smallest absolute Gasteiger partial charge is 0.251 e. The Morgan fingerprint density at radius 1 is 1.06 bits per heavy atom. The third kappa shape index (κ3) is 4.83. The van der Waals surface area contributed by atoms with Crippen LogP contribution in [0.2, 0.25) is 10.0 Å². The lowest BCUT2D eigenvalue weighted by Gasteiger charge is -2.27. The van der Waals surface area contributed by atoms with Gasteiger partial charge in [-0.05, 0) is 50.2 Å². The number of aromatic nitrogens is 2. The third-order valence-corrected chi connectivity index (χ3v) is 9.31. The van der Waals surface area contributed by atoms with Crippen molar-refractivity contribution < 1.29 is 13.2 Å². The molecule has 1 aromatic heterocycles. The number of piperidine rings is 1. The molecule has 5 rings (SSSR count). The summed E-state index contributed by atoms with van der Waals surface area (Å²) >= 11 is 12.4. The average molecular weight is 534 g/mol. The first-order valence-electron chi connectivity index (χ1n) is 11.5. The number of fused-ring (bicyclic) bond motifs is 1. The zero-order valence-electron chi connectivity index (χ0n) is 18.9. The lowest BCUT2D eigenvalue weighted by atomic mass is 10.0. The largest absolute Gasteiger partial charge is 0.349 e. The minimum atomic E-state index is -3.90. The van der Waals surface area contributed by atoms with Crippen LogP contribution in [0.25, 0.3) is 11.3 Å². The first-order valence-corrected chi connectivity index (χ1v) is 13.7. The number of H-pyrrole nitrogens is 1. The molecule has 1 saturated heterocycles. The Kier molecular flexibility index (Phi) is 6.87. The second-order valence-corrected chi connectivity index (χ2v) is 11.4. The standard InChI is InChI=1S/C24H25Cl2N5O3S/c25-19-2-1-3-20(26)23(19)35(33,34)31-13-10-21-18(14-31)22(30-29-21)15-4-6-16(7-5-15)24(32)28-17-8-11-27-12-9-17/h1-7,17,27H,8-14H2,(H,28,32)(H,29,30). The zero-order valence-corrected chi connectivity index (χ0v) is 21.2. The number of hydrogen-bond donors (Lipinski definition) is 3. The number of hydrogen-bond acceptors (Lipinski definition) is 5. The van der Waals surface area contributed by atoms with Gasteiger partial charge >= 0.3 is 0 Å². The van der Waals surface area contributed by atoms with Crippen molar-refractivity contribution in [3.8, 4) is 11.3 Å². The van der Waals surface area contributed by atoms with Crippen molar-refractivity contribution in [3.05, 3.63) is 69.3 Å². The monoisotopic (exact) mass is 533 g/mol. The van der Waals surface area contributed by atoms with Gasteiger partial charge in [-0.15, -0.1) is 0 Å². The molecule has 1 amide bonds. The number of nitrogens with zero attached hydrogens (tertiary/aromatic N) is 2. The third-order valence-electron chi connectivity index (χ3n) is 6.51. The predicted octanol–water partition coefficient (Wildman–Crippen LogP) is 3.61. The summed E-state index contributed by atoms with van der Waals surface area (Å²) in [6, 6.07) is 12.0. The van der Waals surface area contributed by atoms with Crippen molar-refractivity contribution in [2.75, 3.05) is 19.6 Å². The quantitative estimate of drug-likeness (QED) is 0.464. The van der Waals surface area contributed by atoms with Crippen LogP contribution in [-0.4, -0.2) is 54.5 Å². The number of carbonyl (C=O) groups is 1. The van der Waals surface area contributed by atoms with Crippen LogP contribution in [0.3, 0.4) is 0 Å². The van der Waals surface area contributed by atoms with Crippen LogP contribution in [-0.2, 0) is 23.0 Å². The van der Waals surface area contributed by atoms with Crippen LogP contribution >= 0.6 is 23.2 Å². The molecule has 0 atom stereocenters. The minimum absolute atomic E-state index is 0.0825. The van der Waals surface area contributed by atoms with Gasteiger partial charge in [-0.3, -0.25) is 9.89 Å². The molecule has 0 radical (unpaired) electrons. The fourth-order valence-electron chi connectivity index (χ4n) is 4.59. The molecule has 2 aliphatic rings. The van der Waals surface area contributed by atoms with Crippen molar-refractivity contribution in [2.45, 2.75) is 36.7 Å². The summed E-state index contributed by atoms with van der Waals surface area (Å²) in [5.74, 6) is -0.0959. The molecule has 2 aromatic carbocycles. The molecule has 0 saturated carbocycles. The summed E-state index contributed by atoms with van der Waals surface area (Å²) in [6.45, 7) is 2.24. The van der Waals surface area contributed by atoms with E-state index >= 15 is 0 Å². The van der Waals surface area contributed by atoms with E-state index in [0.717, 1.165) is 42.8 Å². The Labute approximate surface area is 214 Å². The molecule has 11 heteroatoms. The molecule has 0 bridgehead atoms. The molecular formula is C24H25Cl2N5O3S. The fraction of sp³-hybridized carbons (Fsp3) is 0.333. The second-order valence-electron chi connectivity index (χ2n) is 8.74. The van der Waals surface area contributed by atoms with Gasteiger partial charge in [0.2, 0.25) is 10.0 Å². The van der Waals surface area contributed by atoms with E-state index in [1.807, 2.05) is 12.1 Å². The van der Waals surface area contributed by atoms with Crippen LogP contribution in [0.5, 0.6) is 0 Å². The van der Waals surface area contributed by atoms with Gasteiger partial charge in [0.05, 0.1) is 15.7 Å². The van der Waals surface area contributed by atoms with E-state index in [1.165, 1.54) is 16.4 Å². The minimum Gasteiger partial charge on any atom is -0.349 e. The van der Waals surface area contributed by atoms with Gasteiger partial charge in [-0.25, -0.2) is 8.42 Å². The summed E-state index contributed by atoms with van der Waals surface area (Å²) < 4.78 is 28.1. The molecule has 3 aromatic rings. The highest BCUT2D eigenvalue weighted by Gasteiger charge is 2.34. The van der Waals surface area contributed by atoms with Crippen molar-refractivity contribution in [1.29, 1.82) is 0 Å². The van der Waals surface area contributed by atoms with Gasteiger partial charge in [0.1, 0.15) is 4.90 Å². The predicted molar refractivity (Wildman–Crippen MR) is 135 cm³/mol. The first-order chi connectivity index (χ1) is 16.8. The normalized spacial score (nSPS) is 17.2. The Balaban J connectivity index is 1.36. The molecule has 0 unspecified atom stereocenters. The van der Waals surface area contributed by atoms with Gasteiger partial charge in [0.15, 0.2) is 0 Å². The SMILES string of the molecule is O=C(NC1CCNCC1)c1ccc(-c2n[nH]c3c2CN(S(=O)(=O)c2c(Cl)cccc2Cl)CC3)cc1. The van der Waals surface area contributed by atoms with Gasteiger partial charge < -0.3 is 10.6 Å². The van der Waals surface area contributed by atoms with E-state index in [1.54, 1.807) is 18.2 Å². The zero-order chi connectivity index (χ0) is 24.6. The number of aromatic amines is 1. The van der Waals surface area contributed by atoms with E-state index in [2.05, 4.69) is 20.8 Å². The first kappa shape index (κ1) is 24.3. The highest BCUT2D eigenvalue weighted by molar-refractivity contribution is 7.89. The Morgan fingerprint density at radius 3 is 2.43 bits per heavy atom. The van der Waals surface area contributed by atoms with Crippen molar-refractivity contribution in [3.63, 3.8) is 0 Å². The number of rotatable bonds is 5. The molecule has 1 fully saturated rings. The lowest BCUT2D eigenvalue weighted by Crippen LogP contribution is -2.42. The van der Waals surface area contributed by atoms with E-state index in [-0.39, 0.29) is 40.0 Å². The van der Waals surface area contributed by atoms with Gasteiger partial charge in [0.25, 0.3) is 5.91 Å². The maximum absolute atomic E-state index is 13.4. The molecule has 8 nitrogen and oxygen atoms in total. The van der Waals surface area contributed by atoms with Crippen molar-refractivity contribution >= 4 is 39.1 Å². The maximum atomic E-state index is 13.4. The van der Waals surface area contributed by atoms with Crippen LogP contribution < -0.4 is 10.6 Å². The number of carbonyl (C=O) groups excluding carboxylic acids is 1. The topological polar surface area (TPSA) is 107 Å². The molecule has 3 N–H and O–H groups in total. The Morgan fingerprint density at radius 2 is 1.74 bits per heavy atom. The van der Waals surface area contributed by atoms with Crippen LogP contribution in [0.15, 0.2) is 47.4 Å². The number of benzene rings is 2. The molecule has 2 aliphatic heterocycles. The van der Waals surface area contributed by atoms with Crippen LogP contribution in [0.1, 0.15) is 34.5 Å². The van der Waals surface area contributed by atoms with Gasteiger partial charge in [-0.1, -0.05) is 41.4 Å². The van der Waals surface area contributed by atoms with Crippen molar-refractivity contribution in [1.82, 2.24) is 25.1 Å². The molecule has 35 heavy (non-hydrogen) atoms. The highest BCUT2D eigenvalue weighted by Crippen LogP contribution is 2.35. The Hall–Kier alpha value is -2.43. The molecule has 184 valence electrons. The van der Waals surface area contributed by atoms with E-state index < -0.39 is 10.0 Å². The molecule has 0 aliphatic carbocycles. The van der Waals surface area contributed by atoms with Crippen LogP contribution in [0, 0.1) is 0 Å².